The van der Waals surface area contributed by atoms with Crippen LogP contribution in [0.5, 0.6) is 0 Å². The normalized spacial score (nSPS) is 15.4. The number of halogens is 1. The summed E-state index contributed by atoms with van der Waals surface area (Å²) in [5, 5.41) is 25.7. The first-order chi connectivity index (χ1) is 16.1. The van der Waals surface area contributed by atoms with Crippen molar-refractivity contribution in [3.05, 3.63) is 40.7 Å². The summed E-state index contributed by atoms with van der Waals surface area (Å²) in [4.78, 5) is 33.2. The highest BCUT2D eigenvalue weighted by molar-refractivity contribution is 6.31. The summed E-state index contributed by atoms with van der Waals surface area (Å²) in [5.74, 6) is -2.04. The van der Waals surface area contributed by atoms with Crippen molar-refractivity contribution in [1.29, 1.82) is 5.41 Å². The van der Waals surface area contributed by atoms with Crippen molar-refractivity contribution in [2.24, 2.45) is 0 Å². The lowest BCUT2D eigenvalue weighted by Gasteiger charge is -2.34. The number of nitrogens with zero attached hydrogens (tertiary/aromatic N) is 3. The van der Waals surface area contributed by atoms with Crippen LogP contribution in [0.4, 0.5) is 17.3 Å². The Morgan fingerprint density at radius 1 is 1.21 bits per heavy atom. The summed E-state index contributed by atoms with van der Waals surface area (Å²) in [5.41, 5.74) is 12.1. The van der Waals surface area contributed by atoms with Crippen LogP contribution in [0.15, 0.2) is 24.3 Å². The molecule has 0 spiro atoms. The molecule has 3 rings (SSSR count). The molecule has 0 bridgehead atoms. The highest BCUT2D eigenvalue weighted by atomic mass is 35.5. The lowest BCUT2D eigenvalue weighted by atomic mass is 10.0. The SMILES string of the molecule is CC(CN1CCC(NC(=N)NC(=O)c2nc(Cl)c(N)nc2N)CC1)Nc1ccc(C(=O)O)cc1. The fourth-order valence-corrected chi connectivity index (χ4v) is 3.83. The monoisotopic (exact) mass is 489 g/mol. The molecule has 34 heavy (non-hydrogen) atoms. The van der Waals surface area contributed by atoms with Gasteiger partial charge in [-0.15, -0.1) is 0 Å². The van der Waals surface area contributed by atoms with Crippen molar-refractivity contribution in [2.45, 2.75) is 31.8 Å². The number of carboxylic acids is 1. The van der Waals surface area contributed by atoms with Crippen molar-refractivity contribution < 1.29 is 14.7 Å². The predicted octanol–water partition coefficient (Wildman–Crippen LogP) is 1.21. The first-order valence-electron chi connectivity index (χ1n) is 10.7. The molecular formula is C21H28ClN9O3. The molecule has 2 aromatic rings. The minimum absolute atomic E-state index is 0.0364. The molecule has 1 aromatic carbocycles. The largest absolute Gasteiger partial charge is 0.478 e. The van der Waals surface area contributed by atoms with E-state index in [0.717, 1.165) is 38.2 Å². The third kappa shape index (κ3) is 6.68. The number of nitrogens with two attached hydrogens (primary N) is 2. The number of aromatic nitrogens is 2. The number of nitrogens with one attached hydrogen (secondary N) is 4. The van der Waals surface area contributed by atoms with E-state index in [2.05, 4.69) is 37.7 Å². The van der Waals surface area contributed by atoms with Crippen LogP contribution in [0.1, 0.15) is 40.6 Å². The third-order valence-corrected chi connectivity index (χ3v) is 5.65. The molecule has 9 N–H and O–H groups in total. The summed E-state index contributed by atoms with van der Waals surface area (Å²) >= 11 is 5.80. The van der Waals surface area contributed by atoms with Crippen LogP contribution < -0.4 is 27.4 Å². The van der Waals surface area contributed by atoms with E-state index in [1.807, 2.05) is 0 Å². The van der Waals surface area contributed by atoms with Crippen LogP contribution in [0.2, 0.25) is 5.15 Å². The molecule has 13 heteroatoms. The minimum atomic E-state index is -0.948. The molecule has 2 heterocycles. The molecule has 1 atom stereocenters. The quantitative estimate of drug-likeness (QED) is 0.219. The Morgan fingerprint density at radius 2 is 1.85 bits per heavy atom. The number of benzene rings is 1. The number of carboxylic acid groups (broad SMARTS) is 1. The van der Waals surface area contributed by atoms with Crippen molar-refractivity contribution >= 4 is 46.8 Å². The van der Waals surface area contributed by atoms with Gasteiger partial charge in [0.05, 0.1) is 5.56 Å². The molecule has 1 aromatic heterocycles. The number of rotatable bonds is 7. The molecule has 1 saturated heterocycles. The maximum Gasteiger partial charge on any atom is 0.335 e. The van der Waals surface area contributed by atoms with Crippen LogP contribution in [0.25, 0.3) is 0 Å². The average molecular weight is 490 g/mol. The van der Waals surface area contributed by atoms with Gasteiger partial charge in [0.1, 0.15) is 0 Å². The zero-order chi connectivity index (χ0) is 24.8. The number of aromatic carboxylic acids is 1. The van der Waals surface area contributed by atoms with Crippen molar-refractivity contribution in [3.8, 4) is 0 Å². The number of likely N-dealkylation sites (tertiary alicyclic amines) is 1. The number of carbonyl (C=O) groups is 2. The van der Waals surface area contributed by atoms with E-state index in [-0.39, 0.29) is 46.1 Å². The summed E-state index contributed by atoms with van der Waals surface area (Å²) in [7, 11) is 0. The van der Waals surface area contributed by atoms with E-state index in [0.29, 0.717) is 0 Å². The first-order valence-corrected chi connectivity index (χ1v) is 11.1. The van der Waals surface area contributed by atoms with Gasteiger partial charge in [-0.3, -0.25) is 15.5 Å². The molecule has 182 valence electrons. The molecule has 1 fully saturated rings. The van der Waals surface area contributed by atoms with E-state index < -0.39 is 11.9 Å². The fourth-order valence-electron chi connectivity index (χ4n) is 3.71. The number of guanidine groups is 1. The van der Waals surface area contributed by atoms with Gasteiger partial charge in [0.15, 0.2) is 28.4 Å². The van der Waals surface area contributed by atoms with Crippen molar-refractivity contribution in [3.63, 3.8) is 0 Å². The summed E-state index contributed by atoms with van der Waals surface area (Å²) in [6, 6.07) is 6.86. The predicted molar refractivity (Wildman–Crippen MR) is 130 cm³/mol. The molecule has 1 aliphatic rings. The van der Waals surface area contributed by atoms with Gasteiger partial charge in [-0.25, -0.2) is 14.8 Å². The van der Waals surface area contributed by atoms with E-state index in [9.17, 15) is 9.59 Å². The lowest BCUT2D eigenvalue weighted by Crippen LogP contribution is -2.50. The number of piperidine rings is 1. The van der Waals surface area contributed by atoms with Gasteiger partial charge >= 0.3 is 5.97 Å². The number of hydrogen-bond donors (Lipinski definition) is 7. The van der Waals surface area contributed by atoms with Crippen LogP contribution in [0, 0.1) is 5.41 Å². The molecule has 0 aliphatic carbocycles. The fraction of sp³-hybridized carbons (Fsp3) is 0.381. The van der Waals surface area contributed by atoms with Gasteiger partial charge in [-0.2, -0.15) is 0 Å². The Labute approximate surface area is 201 Å². The Kier molecular flexibility index (Phi) is 8.08. The van der Waals surface area contributed by atoms with Crippen LogP contribution in [0.3, 0.4) is 0 Å². The van der Waals surface area contributed by atoms with E-state index in [1.54, 1.807) is 24.3 Å². The summed E-state index contributed by atoms with van der Waals surface area (Å²) in [6.45, 7) is 4.54. The molecule has 0 radical (unpaired) electrons. The van der Waals surface area contributed by atoms with Crippen LogP contribution in [-0.4, -0.2) is 69.5 Å². The minimum Gasteiger partial charge on any atom is -0.478 e. The molecule has 0 saturated carbocycles. The van der Waals surface area contributed by atoms with E-state index in [1.165, 1.54) is 0 Å². The molecule has 1 amide bonds. The maximum atomic E-state index is 12.3. The van der Waals surface area contributed by atoms with Crippen LogP contribution >= 0.6 is 11.6 Å². The summed E-state index contributed by atoms with van der Waals surface area (Å²) < 4.78 is 0. The van der Waals surface area contributed by atoms with Gasteiger partial charge in [-0.1, -0.05) is 11.6 Å². The number of anilines is 3. The highest BCUT2D eigenvalue weighted by Gasteiger charge is 2.23. The van der Waals surface area contributed by atoms with Crippen molar-refractivity contribution in [2.75, 3.05) is 36.4 Å². The smallest absolute Gasteiger partial charge is 0.335 e. The van der Waals surface area contributed by atoms with Gasteiger partial charge in [0, 0.05) is 37.4 Å². The zero-order valence-electron chi connectivity index (χ0n) is 18.6. The summed E-state index contributed by atoms with van der Waals surface area (Å²) in [6.07, 6.45) is 1.60. The molecular weight excluding hydrogens is 462 g/mol. The van der Waals surface area contributed by atoms with Gasteiger partial charge < -0.3 is 32.1 Å². The topological polar surface area (TPSA) is 195 Å². The zero-order valence-corrected chi connectivity index (χ0v) is 19.4. The standard InChI is InChI=1S/C21H28ClN9O3/c1-11(26-13-4-2-12(3-5-13)20(33)34)10-31-8-6-14(7-9-31)27-21(25)30-19(32)15-17(23)29-18(24)16(22)28-15/h2-5,11,14,26H,6-10H2,1H3,(H,33,34)(H4,23,24,29)(H3,25,27,30,32). The highest BCUT2D eigenvalue weighted by Crippen LogP contribution is 2.17. The Bertz CT molecular complexity index is 1060. The number of carbonyl (C=O) groups excluding carboxylic acids is 1. The number of hydrogen-bond acceptors (Lipinski definition) is 9. The van der Waals surface area contributed by atoms with E-state index in [4.69, 9.17) is 33.6 Å². The van der Waals surface area contributed by atoms with E-state index >= 15 is 0 Å². The second-order valence-electron chi connectivity index (χ2n) is 8.11. The molecule has 12 nitrogen and oxygen atoms in total. The third-order valence-electron chi connectivity index (χ3n) is 5.37. The Balaban J connectivity index is 1.41. The van der Waals surface area contributed by atoms with Gasteiger partial charge in [0.2, 0.25) is 0 Å². The first kappa shape index (κ1) is 25.0. The van der Waals surface area contributed by atoms with Gasteiger partial charge in [-0.05, 0) is 44.0 Å². The number of nitrogen functional groups attached to an aromatic ring is 2. The maximum absolute atomic E-state index is 12.3. The second-order valence-corrected chi connectivity index (χ2v) is 8.47. The average Bonchev–Trinajstić information content (AvgIpc) is 2.77. The van der Waals surface area contributed by atoms with Crippen molar-refractivity contribution in [1.82, 2.24) is 25.5 Å². The van der Waals surface area contributed by atoms with Gasteiger partial charge in [0.25, 0.3) is 5.91 Å². The Morgan fingerprint density at radius 3 is 2.47 bits per heavy atom. The lowest BCUT2D eigenvalue weighted by molar-refractivity contribution is 0.0696. The Hall–Kier alpha value is -3.64. The molecule has 1 aliphatic heterocycles. The number of amides is 1. The molecule has 1 unspecified atom stereocenters. The second kappa shape index (κ2) is 11.0. The van der Waals surface area contributed by atoms with Crippen LogP contribution in [-0.2, 0) is 0 Å².